The molecule has 2 N–H and O–H groups in total. The third-order valence-electron chi connectivity index (χ3n) is 4.67. The van der Waals surface area contributed by atoms with Crippen molar-refractivity contribution in [2.45, 2.75) is 29.6 Å². The third kappa shape index (κ3) is 4.43. The molecule has 1 unspecified atom stereocenters. The number of fused-ring (bicyclic) bond motifs is 2. The van der Waals surface area contributed by atoms with Crippen molar-refractivity contribution < 1.29 is 36.7 Å². The number of benzene rings is 2. The van der Waals surface area contributed by atoms with E-state index in [0.717, 1.165) is 6.07 Å². The van der Waals surface area contributed by atoms with E-state index in [9.17, 15) is 32.0 Å². The molecule has 0 saturated carbocycles. The Morgan fingerprint density at radius 3 is 1.97 bits per heavy atom. The summed E-state index contributed by atoms with van der Waals surface area (Å²) in [6.45, 7) is 0. The first-order valence-corrected chi connectivity index (χ1v) is 26.2. The number of hydrogen-bond acceptors (Lipinski definition) is 7. The molecule has 9 nitrogen and oxygen atoms in total. The minimum absolute atomic E-state index is 0.0388. The molecule has 1 heterocycles. The molecule has 0 aromatic heterocycles. The zero-order chi connectivity index (χ0) is 22.9. The maximum atomic E-state index is 12.9. The van der Waals surface area contributed by atoms with Crippen molar-refractivity contribution in [3.05, 3.63) is 41.5 Å². The van der Waals surface area contributed by atoms with Gasteiger partial charge in [0.1, 0.15) is 0 Å². The molecule has 13 heteroatoms. The molecule has 0 bridgehead atoms. The fraction of sp³-hybridized carbons (Fsp3) is 0.294. The van der Waals surface area contributed by atoms with Gasteiger partial charge in [-0.2, -0.15) is 0 Å². The Kier molecular flexibility index (Phi) is 5.93. The molecule has 164 valence electrons. The molecule has 0 fully saturated rings. The fourth-order valence-electron chi connectivity index (χ4n) is 3.31. The molecule has 0 saturated heterocycles. The van der Waals surface area contributed by atoms with Gasteiger partial charge in [-0.3, -0.25) is 0 Å². The van der Waals surface area contributed by atoms with Crippen LogP contribution in [-0.2, 0) is 26.3 Å². The monoisotopic (exact) mass is 674 g/mol. The van der Waals surface area contributed by atoms with Gasteiger partial charge < -0.3 is 0 Å². The van der Waals surface area contributed by atoms with Crippen LogP contribution < -0.4 is 11.8 Å². The van der Waals surface area contributed by atoms with Crippen LogP contribution in [0.25, 0.3) is 0 Å². The molecule has 1 aliphatic heterocycles. The molecule has 1 aliphatic rings. The van der Waals surface area contributed by atoms with Crippen LogP contribution >= 0.6 is 0 Å². The van der Waals surface area contributed by atoms with Crippen LogP contribution in [0.3, 0.4) is 0 Å². The zero-order valence-corrected chi connectivity index (χ0v) is 23.2. The molecule has 2 aromatic rings. The first-order chi connectivity index (χ1) is 13.4. The van der Waals surface area contributed by atoms with E-state index in [1.54, 1.807) is 9.74 Å². The van der Waals surface area contributed by atoms with Gasteiger partial charge in [-0.15, -0.1) is 0 Å². The Morgan fingerprint density at radius 2 is 1.50 bits per heavy atom. The summed E-state index contributed by atoms with van der Waals surface area (Å²) in [5.41, 5.74) is -0.581. The van der Waals surface area contributed by atoms with E-state index < -0.39 is 73.5 Å². The van der Waals surface area contributed by atoms with Crippen molar-refractivity contribution in [1.29, 1.82) is 0 Å². The van der Waals surface area contributed by atoms with Crippen LogP contribution in [0.5, 0.6) is 11.5 Å². The van der Waals surface area contributed by atoms with E-state index >= 15 is 0 Å². The van der Waals surface area contributed by atoms with E-state index in [0.29, 0.717) is 3.51 Å². The summed E-state index contributed by atoms with van der Waals surface area (Å²) in [6, 6.07) is 6.30. The van der Waals surface area contributed by atoms with E-state index in [1.807, 2.05) is 0 Å². The molecule has 0 amide bonds. The first kappa shape index (κ1) is 23.9. The van der Waals surface area contributed by atoms with Crippen molar-refractivity contribution in [2.24, 2.45) is 0 Å². The Balaban J connectivity index is 2.50. The third-order valence-corrected chi connectivity index (χ3v) is 15.3. The predicted octanol–water partition coefficient (Wildman–Crippen LogP) is 1.70. The zero-order valence-electron chi connectivity index (χ0n) is 16.4. The van der Waals surface area contributed by atoms with Crippen LogP contribution in [0.1, 0.15) is 16.4 Å². The van der Waals surface area contributed by atoms with Crippen LogP contribution in [0.15, 0.2) is 35.2 Å². The molecule has 30 heavy (non-hydrogen) atoms. The normalized spacial score (nSPS) is 17.1. The van der Waals surface area contributed by atoms with Crippen LogP contribution in [-0.4, -0.2) is 63.5 Å². The molecule has 0 radical (unpaired) electrons. The van der Waals surface area contributed by atoms with E-state index in [1.165, 1.54) is 34.0 Å². The second-order valence-electron chi connectivity index (χ2n) is 7.72. The fourth-order valence-corrected chi connectivity index (χ4v) is 10.7. The average Bonchev–Trinajstić information content (AvgIpc) is 2.54. The second-order valence-corrected chi connectivity index (χ2v) is 28.9. The van der Waals surface area contributed by atoms with Crippen molar-refractivity contribution in [2.75, 3.05) is 0 Å². The summed E-state index contributed by atoms with van der Waals surface area (Å²) >= 11 is -7.87. The van der Waals surface area contributed by atoms with Gasteiger partial charge in [-0.05, 0) is 0 Å². The average molecular weight is 676 g/mol. The summed E-state index contributed by atoms with van der Waals surface area (Å²) in [4.78, 5) is 5.35. The van der Waals surface area contributed by atoms with Gasteiger partial charge in [0.2, 0.25) is 0 Å². The van der Waals surface area contributed by atoms with Gasteiger partial charge in [-0.25, -0.2) is 0 Å². The van der Waals surface area contributed by atoms with E-state index in [4.69, 9.17) is 4.74 Å². The summed E-state index contributed by atoms with van der Waals surface area (Å²) in [6.07, 6.45) is 0. The molecule has 2 aromatic carbocycles. The minimum atomic E-state index is -4.94. The van der Waals surface area contributed by atoms with Gasteiger partial charge in [0.05, 0.1) is 0 Å². The van der Waals surface area contributed by atoms with Crippen LogP contribution in [0.4, 0.5) is 0 Å². The summed E-state index contributed by atoms with van der Waals surface area (Å²) < 4.78 is 100. The SMILES string of the molecule is [CH3][Sb]([CH3])(=[O])[c]1ccc2c(c1)Oc1[c]([Sb]([CH3])([CH3])=[O])ccc(S(=O)(=O)O)c1C2S(=O)(=O)O. The molecule has 3 rings (SSSR count). The van der Waals surface area contributed by atoms with Crippen molar-refractivity contribution in [1.82, 2.24) is 0 Å². The van der Waals surface area contributed by atoms with Crippen LogP contribution in [0, 0.1) is 0 Å². The molecule has 0 aliphatic carbocycles. The summed E-state index contributed by atoms with van der Waals surface area (Å²) in [7, 11) is -9.85. The maximum absolute atomic E-state index is 12.9. The Bertz CT molecular complexity index is 1370. The van der Waals surface area contributed by atoms with E-state index in [2.05, 4.69) is 0 Å². The Hall–Kier alpha value is -0.704. The van der Waals surface area contributed by atoms with Gasteiger partial charge in [-0.1, -0.05) is 0 Å². The van der Waals surface area contributed by atoms with Gasteiger partial charge in [0.25, 0.3) is 0 Å². The Labute approximate surface area is 182 Å². The van der Waals surface area contributed by atoms with Gasteiger partial charge in [0.15, 0.2) is 0 Å². The molecular weight excluding hydrogens is 656 g/mol. The molecular formula is C17H20O9S2Sb2. The Morgan fingerprint density at radius 1 is 0.900 bits per heavy atom. The summed E-state index contributed by atoms with van der Waals surface area (Å²) in [5.74, 6) is -0.329. The second kappa shape index (κ2) is 7.42. The van der Waals surface area contributed by atoms with E-state index in [-0.39, 0.29) is 20.6 Å². The van der Waals surface area contributed by atoms with Gasteiger partial charge >= 0.3 is 184 Å². The molecule has 0 spiro atoms. The standard InChI is InChI=1S/C13H8O7S2.4CH3.2O.2Sb/c14-21(15,16)11-7-3-6-10-12(11)13(22(17,18)19)8-4-1-2-5-9(8)20-10;;;;;;;;/h1,3-5,7,13H,(H,14,15,16)(H,17,18,19);4*1H3;;;;. The quantitative estimate of drug-likeness (QED) is 0.365. The van der Waals surface area contributed by atoms with Crippen molar-refractivity contribution >= 4 is 64.8 Å². The predicted molar refractivity (Wildman–Crippen MR) is 112 cm³/mol. The van der Waals surface area contributed by atoms with Gasteiger partial charge in [0, 0.05) is 0 Å². The van der Waals surface area contributed by atoms with Crippen molar-refractivity contribution in [3.8, 4) is 11.5 Å². The summed E-state index contributed by atoms with van der Waals surface area (Å²) in [5, 5.41) is -1.90. The first-order valence-electron chi connectivity index (χ1n) is 8.46. The topological polar surface area (TPSA) is 152 Å². The van der Waals surface area contributed by atoms with Crippen molar-refractivity contribution in [3.63, 3.8) is 0 Å². The number of ether oxygens (including phenoxy) is 1. The van der Waals surface area contributed by atoms with Crippen LogP contribution in [0.2, 0.25) is 19.5 Å². The molecule has 1 atom stereocenters. The number of rotatable bonds is 4. The number of hydrogen-bond donors (Lipinski definition) is 2.